The van der Waals surface area contributed by atoms with Crippen molar-refractivity contribution in [3.63, 3.8) is 0 Å². The van der Waals surface area contributed by atoms with Crippen LogP contribution in [0.1, 0.15) is 16.7 Å². The Hall–Kier alpha value is -1.76. The van der Waals surface area contributed by atoms with E-state index in [1.165, 1.54) is 4.31 Å². The smallest absolute Gasteiger partial charge is 0.218 e. The summed E-state index contributed by atoms with van der Waals surface area (Å²) in [4.78, 5) is 3.96. The Labute approximate surface area is 138 Å². The van der Waals surface area contributed by atoms with Crippen LogP contribution >= 0.6 is 0 Å². The molecular formula is C17H22N2O3S. The molecule has 1 heterocycles. The topological polar surface area (TPSA) is 59.5 Å². The minimum atomic E-state index is -3.43. The normalized spacial score (nSPS) is 11.8. The van der Waals surface area contributed by atoms with Crippen molar-refractivity contribution < 1.29 is 13.2 Å². The summed E-state index contributed by atoms with van der Waals surface area (Å²) in [5, 5.41) is 0. The Morgan fingerprint density at radius 1 is 1.13 bits per heavy atom. The maximum atomic E-state index is 12.8. The molecule has 0 aliphatic carbocycles. The van der Waals surface area contributed by atoms with E-state index in [2.05, 4.69) is 4.98 Å². The first-order valence-electron chi connectivity index (χ1n) is 7.42. The molecule has 124 valence electrons. The molecule has 0 bridgehead atoms. The molecule has 5 nitrogen and oxygen atoms in total. The fourth-order valence-electron chi connectivity index (χ4n) is 2.31. The number of hydrogen-bond donors (Lipinski definition) is 0. The highest BCUT2D eigenvalue weighted by Crippen LogP contribution is 2.15. The number of methoxy groups -OCH3 is 1. The van der Waals surface area contributed by atoms with Crippen molar-refractivity contribution in [3.8, 4) is 0 Å². The molecule has 0 fully saturated rings. The molecule has 0 radical (unpaired) electrons. The van der Waals surface area contributed by atoms with Crippen molar-refractivity contribution in [2.24, 2.45) is 0 Å². The van der Waals surface area contributed by atoms with Gasteiger partial charge in [-0.15, -0.1) is 0 Å². The molecule has 2 aromatic rings. The Balaban J connectivity index is 2.18. The van der Waals surface area contributed by atoms with Crippen molar-refractivity contribution in [2.45, 2.75) is 19.2 Å². The van der Waals surface area contributed by atoms with Gasteiger partial charge in [0, 0.05) is 32.6 Å². The van der Waals surface area contributed by atoms with E-state index >= 15 is 0 Å². The summed E-state index contributed by atoms with van der Waals surface area (Å²) in [6.07, 6.45) is 3.33. The minimum absolute atomic E-state index is 0.0104. The first kappa shape index (κ1) is 17.6. The number of pyridine rings is 1. The second kappa shape index (κ2) is 8.19. The first-order valence-corrected chi connectivity index (χ1v) is 9.03. The summed E-state index contributed by atoms with van der Waals surface area (Å²) < 4.78 is 32.1. The summed E-state index contributed by atoms with van der Waals surface area (Å²) in [5.41, 5.74) is 2.75. The monoisotopic (exact) mass is 334 g/mol. The molecule has 0 unspecified atom stereocenters. The first-order chi connectivity index (χ1) is 11.0. The van der Waals surface area contributed by atoms with Crippen LogP contribution in [0.5, 0.6) is 0 Å². The van der Waals surface area contributed by atoms with Gasteiger partial charge >= 0.3 is 0 Å². The largest absolute Gasteiger partial charge is 0.383 e. The standard InChI is InChI=1S/C17H22N2O3S/c1-15-4-3-5-17(12-15)14-23(20,21)19(10-11-22-2)13-16-6-8-18-9-7-16/h3-9,12H,10-11,13-14H2,1-2H3. The van der Waals surface area contributed by atoms with E-state index < -0.39 is 10.0 Å². The van der Waals surface area contributed by atoms with E-state index in [0.29, 0.717) is 19.7 Å². The van der Waals surface area contributed by atoms with Crippen LogP contribution in [0.4, 0.5) is 0 Å². The average Bonchev–Trinajstić information content (AvgIpc) is 2.52. The van der Waals surface area contributed by atoms with Crippen LogP contribution in [-0.2, 0) is 27.1 Å². The van der Waals surface area contributed by atoms with Crippen LogP contribution in [0, 0.1) is 6.92 Å². The number of aryl methyl sites for hydroxylation is 1. The Bertz CT molecular complexity index is 718. The molecule has 0 saturated carbocycles. The number of ether oxygens (including phenoxy) is 1. The van der Waals surface area contributed by atoms with Crippen LogP contribution in [0.3, 0.4) is 0 Å². The summed E-state index contributed by atoms with van der Waals surface area (Å²) in [7, 11) is -1.86. The van der Waals surface area contributed by atoms with Crippen molar-refractivity contribution in [1.82, 2.24) is 9.29 Å². The molecule has 0 spiro atoms. The highest BCUT2D eigenvalue weighted by Gasteiger charge is 2.22. The lowest BCUT2D eigenvalue weighted by Crippen LogP contribution is -2.34. The maximum absolute atomic E-state index is 12.8. The molecule has 0 N–H and O–H groups in total. The molecule has 0 saturated heterocycles. The van der Waals surface area contributed by atoms with E-state index in [0.717, 1.165) is 16.7 Å². The van der Waals surface area contributed by atoms with Gasteiger partial charge in [-0.3, -0.25) is 4.98 Å². The summed E-state index contributed by atoms with van der Waals surface area (Å²) in [6, 6.07) is 11.2. The van der Waals surface area contributed by atoms with Gasteiger partial charge in [-0.2, -0.15) is 4.31 Å². The van der Waals surface area contributed by atoms with Gasteiger partial charge in [0.25, 0.3) is 0 Å². The van der Waals surface area contributed by atoms with Gasteiger partial charge < -0.3 is 4.74 Å². The number of aromatic nitrogens is 1. The zero-order chi connectivity index (χ0) is 16.7. The van der Waals surface area contributed by atoms with E-state index in [1.54, 1.807) is 19.5 Å². The molecule has 0 aliphatic rings. The van der Waals surface area contributed by atoms with Gasteiger partial charge in [0.2, 0.25) is 10.0 Å². The van der Waals surface area contributed by atoms with E-state index in [9.17, 15) is 8.42 Å². The SMILES string of the molecule is COCCN(Cc1ccncc1)S(=O)(=O)Cc1cccc(C)c1. The van der Waals surface area contributed by atoms with E-state index in [4.69, 9.17) is 4.74 Å². The summed E-state index contributed by atoms with van der Waals surface area (Å²) in [5.74, 6) is -0.0104. The van der Waals surface area contributed by atoms with E-state index in [1.807, 2.05) is 43.3 Å². The van der Waals surface area contributed by atoms with Gasteiger partial charge in [0.1, 0.15) is 0 Å². The molecule has 23 heavy (non-hydrogen) atoms. The zero-order valence-electron chi connectivity index (χ0n) is 13.5. The van der Waals surface area contributed by atoms with Crippen LogP contribution in [0.15, 0.2) is 48.8 Å². The van der Waals surface area contributed by atoms with Crippen LogP contribution in [-0.4, -0.2) is 38.0 Å². The van der Waals surface area contributed by atoms with Crippen LogP contribution in [0.2, 0.25) is 0 Å². The maximum Gasteiger partial charge on any atom is 0.218 e. The highest BCUT2D eigenvalue weighted by molar-refractivity contribution is 7.88. The average molecular weight is 334 g/mol. The number of benzene rings is 1. The highest BCUT2D eigenvalue weighted by atomic mass is 32.2. The van der Waals surface area contributed by atoms with Gasteiger partial charge in [-0.25, -0.2) is 8.42 Å². The number of hydrogen-bond acceptors (Lipinski definition) is 4. The molecule has 1 aromatic carbocycles. The Morgan fingerprint density at radius 3 is 2.52 bits per heavy atom. The lowest BCUT2D eigenvalue weighted by molar-refractivity contribution is 0.177. The number of nitrogens with zero attached hydrogens (tertiary/aromatic N) is 2. The number of sulfonamides is 1. The fraction of sp³-hybridized carbons (Fsp3) is 0.353. The predicted molar refractivity (Wildman–Crippen MR) is 90.3 cm³/mol. The summed E-state index contributed by atoms with van der Waals surface area (Å²) in [6.45, 7) is 2.96. The van der Waals surface area contributed by atoms with Gasteiger partial charge in [0.15, 0.2) is 0 Å². The molecule has 2 rings (SSSR count). The Kier molecular flexibility index (Phi) is 6.27. The third-order valence-corrected chi connectivity index (χ3v) is 5.27. The minimum Gasteiger partial charge on any atom is -0.383 e. The van der Waals surface area contributed by atoms with Crippen molar-refractivity contribution in [2.75, 3.05) is 20.3 Å². The second-order valence-corrected chi connectivity index (χ2v) is 7.40. The van der Waals surface area contributed by atoms with Gasteiger partial charge in [-0.05, 0) is 30.2 Å². The van der Waals surface area contributed by atoms with Gasteiger partial charge in [0.05, 0.1) is 12.4 Å². The molecule has 0 amide bonds. The number of rotatable bonds is 8. The molecular weight excluding hydrogens is 312 g/mol. The lowest BCUT2D eigenvalue weighted by Gasteiger charge is -2.22. The second-order valence-electron chi connectivity index (χ2n) is 5.43. The van der Waals surface area contributed by atoms with Crippen molar-refractivity contribution in [1.29, 1.82) is 0 Å². The third kappa shape index (κ3) is 5.42. The van der Waals surface area contributed by atoms with Crippen molar-refractivity contribution in [3.05, 3.63) is 65.5 Å². The fourth-order valence-corrected chi connectivity index (χ4v) is 3.79. The van der Waals surface area contributed by atoms with Crippen molar-refractivity contribution >= 4 is 10.0 Å². The van der Waals surface area contributed by atoms with E-state index in [-0.39, 0.29) is 5.75 Å². The van der Waals surface area contributed by atoms with Crippen LogP contribution < -0.4 is 0 Å². The molecule has 0 atom stereocenters. The van der Waals surface area contributed by atoms with Gasteiger partial charge in [-0.1, -0.05) is 29.8 Å². The van der Waals surface area contributed by atoms with Crippen LogP contribution in [0.25, 0.3) is 0 Å². The quantitative estimate of drug-likeness (QED) is 0.744. The molecule has 0 aliphatic heterocycles. The summed E-state index contributed by atoms with van der Waals surface area (Å²) >= 11 is 0. The lowest BCUT2D eigenvalue weighted by atomic mass is 10.2. The molecule has 1 aromatic heterocycles. The molecule has 6 heteroatoms. The third-order valence-electron chi connectivity index (χ3n) is 3.48. The Morgan fingerprint density at radius 2 is 1.87 bits per heavy atom. The predicted octanol–water partition coefficient (Wildman–Crippen LogP) is 2.37. The zero-order valence-corrected chi connectivity index (χ0v) is 14.3.